The van der Waals surface area contributed by atoms with E-state index < -0.39 is 25.4 Å². The molecule has 2 aromatic heterocycles. The summed E-state index contributed by atoms with van der Waals surface area (Å²) in [6, 6.07) is 19.4. The maximum atomic E-state index is 14.6. The molecule has 2 heterocycles. The number of fused-ring (bicyclic) bond motifs is 4. The molecule has 0 fully saturated rings. The number of aromatic nitrogens is 3. The molecule has 0 spiro atoms. The van der Waals surface area contributed by atoms with Gasteiger partial charge in [0.25, 0.3) is 0 Å². The van der Waals surface area contributed by atoms with Gasteiger partial charge in [0.05, 0.1) is 23.7 Å². The molecule has 12 heteroatoms. The molecule has 0 amide bonds. The number of pyridine rings is 1. The molecule has 3 atom stereocenters. The van der Waals surface area contributed by atoms with Crippen molar-refractivity contribution in [3.05, 3.63) is 72.6 Å². The molecule has 3 aromatic carbocycles. The summed E-state index contributed by atoms with van der Waals surface area (Å²) >= 11 is 0. The number of rotatable bonds is 13. The Morgan fingerprint density at radius 2 is 1.70 bits per heavy atom. The third kappa shape index (κ3) is 7.34. The number of nitrogen functional groups attached to an aromatic ring is 1. The first kappa shape index (κ1) is 33.3. The van der Waals surface area contributed by atoms with E-state index in [0.29, 0.717) is 35.9 Å². The van der Waals surface area contributed by atoms with Crippen LogP contribution in [0.5, 0.6) is 5.75 Å². The molecule has 0 aliphatic carbocycles. The van der Waals surface area contributed by atoms with E-state index in [1.165, 1.54) is 0 Å². The lowest BCUT2D eigenvalue weighted by Crippen LogP contribution is -2.39. The van der Waals surface area contributed by atoms with Crippen molar-refractivity contribution >= 4 is 52.2 Å². The first-order valence-corrected chi connectivity index (χ1v) is 17.0. The van der Waals surface area contributed by atoms with Crippen molar-refractivity contribution in [3.63, 3.8) is 0 Å². The summed E-state index contributed by atoms with van der Waals surface area (Å²) in [5.74, 6) is 0.711. The van der Waals surface area contributed by atoms with E-state index in [2.05, 4.69) is 10.1 Å². The topological polar surface area (TPSA) is 140 Å². The van der Waals surface area contributed by atoms with Crippen LogP contribution in [0.25, 0.3) is 32.7 Å². The fraction of sp³-hybridized carbons (Fsp3) is 0.382. The third-order valence-corrected chi connectivity index (χ3v) is 9.05. The van der Waals surface area contributed by atoms with Gasteiger partial charge in [-0.2, -0.15) is 5.09 Å². The Kier molecular flexibility index (Phi) is 9.98. The second-order valence-electron chi connectivity index (χ2n) is 12.1. The molecule has 0 aliphatic rings. The van der Waals surface area contributed by atoms with Crippen molar-refractivity contribution in [3.8, 4) is 5.75 Å². The standard InChI is InChI=1S/C34H42N5O6P/c1-7-24(39-29(21-42-8-2)37-30-31(39)26-17-11-12-18-27(26)36-32(30)35)20-43-46(41,38-22(3)33(40)44-34(4,5)6)45-28-19-13-15-23-14-9-10-16-25(23)28/h9-19,22,24H,7-8,20-21H2,1-6H3,(H2,35,36)(H,38,41)/t22-,24-,46?/m0/s1. The SMILES string of the molecule is CCOCc1nc2c(N)nc3ccccc3c2n1[C@@H](CC)COP(=O)(N[C@@H](C)C(=O)OC(C)(C)C)Oc1cccc2ccccc12. The number of imidazole rings is 1. The van der Waals surface area contributed by atoms with Crippen LogP contribution in [-0.2, 0) is 30.0 Å². The summed E-state index contributed by atoms with van der Waals surface area (Å²) in [4.78, 5) is 22.4. The average Bonchev–Trinajstić information content (AvgIpc) is 3.40. The summed E-state index contributed by atoms with van der Waals surface area (Å²) in [5, 5.41) is 5.36. The number of carbonyl (C=O) groups excluding carboxylic acids is 1. The molecule has 1 unspecified atom stereocenters. The quantitative estimate of drug-likeness (QED) is 0.0986. The lowest BCUT2D eigenvalue weighted by atomic mass is 10.1. The highest BCUT2D eigenvalue weighted by Gasteiger charge is 2.35. The minimum Gasteiger partial charge on any atom is -0.459 e. The summed E-state index contributed by atoms with van der Waals surface area (Å²) in [5.41, 5.74) is 7.73. The fourth-order valence-electron chi connectivity index (χ4n) is 5.29. The maximum absolute atomic E-state index is 14.6. The molecule has 0 bridgehead atoms. The number of benzene rings is 3. The Morgan fingerprint density at radius 3 is 2.41 bits per heavy atom. The van der Waals surface area contributed by atoms with E-state index >= 15 is 0 Å². The summed E-state index contributed by atoms with van der Waals surface area (Å²) < 4.78 is 40.4. The highest BCUT2D eigenvalue weighted by Crippen LogP contribution is 2.48. The molecule has 0 saturated carbocycles. The zero-order chi connectivity index (χ0) is 33.1. The van der Waals surface area contributed by atoms with Crippen LogP contribution in [0.4, 0.5) is 5.82 Å². The second-order valence-corrected chi connectivity index (χ2v) is 13.7. The number of hydrogen-bond donors (Lipinski definition) is 2. The molecule has 0 aliphatic heterocycles. The summed E-state index contributed by atoms with van der Waals surface area (Å²) in [6.07, 6.45) is 0.580. The number of esters is 1. The van der Waals surface area contributed by atoms with Gasteiger partial charge in [0, 0.05) is 17.4 Å². The number of nitrogens with one attached hydrogen (secondary N) is 1. The molecule has 0 radical (unpaired) electrons. The Hall–Kier alpha value is -4.02. The Labute approximate surface area is 269 Å². The smallest absolute Gasteiger partial charge is 0.459 e. The van der Waals surface area contributed by atoms with Crippen LogP contribution in [0.2, 0.25) is 0 Å². The van der Waals surface area contributed by atoms with E-state index in [4.69, 9.17) is 29.2 Å². The monoisotopic (exact) mass is 647 g/mol. The van der Waals surface area contributed by atoms with E-state index in [9.17, 15) is 9.36 Å². The lowest BCUT2D eigenvalue weighted by Gasteiger charge is -2.28. The van der Waals surface area contributed by atoms with Gasteiger partial charge < -0.3 is 24.3 Å². The average molecular weight is 648 g/mol. The normalized spacial score (nSPS) is 14.7. The predicted octanol–water partition coefficient (Wildman–Crippen LogP) is 7.33. The number of hydrogen-bond acceptors (Lipinski definition) is 9. The van der Waals surface area contributed by atoms with Crippen molar-refractivity contribution in [1.82, 2.24) is 19.6 Å². The molecule has 244 valence electrons. The number of nitrogens with zero attached hydrogens (tertiary/aromatic N) is 3. The fourth-order valence-corrected chi connectivity index (χ4v) is 6.84. The van der Waals surface area contributed by atoms with Gasteiger partial charge in [-0.3, -0.25) is 9.32 Å². The zero-order valence-electron chi connectivity index (χ0n) is 27.1. The van der Waals surface area contributed by atoms with Crippen molar-refractivity contribution in [2.75, 3.05) is 18.9 Å². The molecule has 11 nitrogen and oxygen atoms in total. The van der Waals surface area contributed by atoms with Gasteiger partial charge in [-0.25, -0.2) is 14.5 Å². The van der Waals surface area contributed by atoms with E-state index in [1.54, 1.807) is 33.8 Å². The van der Waals surface area contributed by atoms with Crippen LogP contribution in [0.3, 0.4) is 0 Å². The van der Waals surface area contributed by atoms with Crippen LogP contribution in [0.1, 0.15) is 59.8 Å². The van der Waals surface area contributed by atoms with Gasteiger partial charge >= 0.3 is 13.7 Å². The van der Waals surface area contributed by atoms with Crippen LogP contribution in [-0.4, -0.2) is 45.4 Å². The van der Waals surface area contributed by atoms with E-state index in [1.807, 2.05) is 79.1 Å². The largest absolute Gasteiger partial charge is 0.459 e. The number of carbonyl (C=O) groups is 1. The van der Waals surface area contributed by atoms with Gasteiger partial charge in [-0.1, -0.05) is 61.5 Å². The highest BCUT2D eigenvalue weighted by atomic mass is 31.2. The maximum Gasteiger partial charge on any atom is 0.459 e. The number of anilines is 1. The minimum atomic E-state index is -4.20. The summed E-state index contributed by atoms with van der Waals surface area (Å²) in [7, 11) is -4.20. The Morgan fingerprint density at radius 1 is 1.00 bits per heavy atom. The second kappa shape index (κ2) is 13.8. The number of para-hydroxylation sites is 1. The Bertz CT molecular complexity index is 1900. The van der Waals surface area contributed by atoms with Gasteiger partial charge in [-0.15, -0.1) is 0 Å². The molecule has 5 aromatic rings. The van der Waals surface area contributed by atoms with Gasteiger partial charge in [-0.05, 0) is 58.6 Å². The molecular formula is C34H42N5O6P. The molecular weight excluding hydrogens is 605 g/mol. The molecule has 3 N–H and O–H groups in total. The van der Waals surface area contributed by atoms with Crippen LogP contribution in [0, 0.1) is 0 Å². The summed E-state index contributed by atoms with van der Waals surface area (Å²) in [6.45, 7) is 11.5. The van der Waals surface area contributed by atoms with Gasteiger partial charge in [0.1, 0.15) is 35.3 Å². The third-order valence-electron chi connectivity index (χ3n) is 7.42. The van der Waals surface area contributed by atoms with Crippen molar-refractivity contribution in [2.24, 2.45) is 0 Å². The zero-order valence-corrected chi connectivity index (χ0v) is 28.0. The molecule has 0 saturated heterocycles. The van der Waals surface area contributed by atoms with E-state index in [0.717, 1.165) is 27.2 Å². The first-order valence-electron chi connectivity index (χ1n) is 15.5. The van der Waals surface area contributed by atoms with Crippen LogP contribution in [0.15, 0.2) is 66.7 Å². The molecule has 5 rings (SSSR count). The number of nitrogens with two attached hydrogens (primary N) is 1. The van der Waals surface area contributed by atoms with Crippen molar-refractivity contribution < 1.29 is 27.9 Å². The van der Waals surface area contributed by atoms with Crippen LogP contribution >= 0.6 is 7.75 Å². The minimum absolute atomic E-state index is 0.0479. The predicted molar refractivity (Wildman–Crippen MR) is 181 cm³/mol. The van der Waals surface area contributed by atoms with Gasteiger partial charge in [0.2, 0.25) is 0 Å². The highest BCUT2D eigenvalue weighted by molar-refractivity contribution is 7.52. The van der Waals surface area contributed by atoms with Crippen molar-refractivity contribution in [2.45, 2.75) is 72.3 Å². The van der Waals surface area contributed by atoms with Gasteiger partial charge in [0.15, 0.2) is 5.82 Å². The van der Waals surface area contributed by atoms with Crippen molar-refractivity contribution in [1.29, 1.82) is 0 Å². The first-order chi connectivity index (χ1) is 21.9. The van der Waals surface area contributed by atoms with E-state index in [-0.39, 0.29) is 19.3 Å². The molecule has 46 heavy (non-hydrogen) atoms. The lowest BCUT2D eigenvalue weighted by molar-refractivity contribution is -0.156. The van der Waals surface area contributed by atoms with Crippen LogP contribution < -0.4 is 15.3 Å². The Balaban J connectivity index is 1.54. The number of ether oxygens (including phenoxy) is 2.